The molecule has 104 valence electrons. The first-order chi connectivity index (χ1) is 8.79. The molecule has 0 aromatic carbocycles. The highest BCUT2D eigenvalue weighted by Crippen LogP contribution is 2.19. The first kappa shape index (κ1) is 14.6. The summed E-state index contributed by atoms with van der Waals surface area (Å²) in [5, 5.41) is 29.1. The minimum atomic E-state index is -1.97. The van der Waals surface area contributed by atoms with E-state index in [1.54, 1.807) is 0 Å². The predicted molar refractivity (Wildman–Crippen MR) is 59.0 cm³/mol. The Morgan fingerprint density at radius 1 is 1.26 bits per heavy atom. The number of nitrogens with one attached hydrogen (secondary N) is 1. The second-order valence-electron chi connectivity index (χ2n) is 3.88. The number of aliphatic carboxylic acids is 2. The Kier molecular flexibility index (Phi) is 4.22. The number of nitrogens with two attached hydrogens (primary N) is 1. The summed E-state index contributed by atoms with van der Waals surface area (Å²) in [7, 11) is 0. The number of carboxylic acid groups (broad SMARTS) is 2. The largest absolute Gasteiger partial charge is 0.509 e. The fourth-order valence-corrected chi connectivity index (χ4v) is 1.60. The number of hydrogen-bond acceptors (Lipinski definition) is 6. The van der Waals surface area contributed by atoms with E-state index in [0.29, 0.717) is 0 Å². The average molecular weight is 272 g/mol. The van der Waals surface area contributed by atoms with Gasteiger partial charge in [0, 0.05) is 13.0 Å². The van der Waals surface area contributed by atoms with Gasteiger partial charge in [-0.15, -0.1) is 0 Å². The average Bonchev–Trinajstić information content (AvgIpc) is 2.60. The van der Waals surface area contributed by atoms with E-state index in [9.17, 15) is 24.3 Å². The molecule has 19 heavy (non-hydrogen) atoms. The molecule has 0 saturated carbocycles. The smallest absolute Gasteiger partial charge is 0.318 e. The predicted octanol–water partition coefficient (Wildman–Crippen LogP) is -2.00. The molecule has 1 aliphatic heterocycles. The summed E-state index contributed by atoms with van der Waals surface area (Å²) in [5.74, 6) is -7.91. The van der Waals surface area contributed by atoms with Gasteiger partial charge in [0.05, 0.1) is 6.04 Å². The first-order valence-electron chi connectivity index (χ1n) is 5.22. The van der Waals surface area contributed by atoms with Gasteiger partial charge in [-0.1, -0.05) is 0 Å². The number of carboxylic acids is 2. The maximum absolute atomic E-state index is 11.7. The molecule has 0 spiro atoms. The Morgan fingerprint density at radius 2 is 1.79 bits per heavy atom. The van der Waals surface area contributed by atoms with Gasteiger partial charge in [-0.25, -0.2) is 0 Å². The second-order valence-corrected chi connectivity index (χ2v) is 3.88. The van der Waals surface area contributed by atoms with E-state index in [1.807, 2.05) is 0 Å². The van der Waals surface area contributed by atoms with Crippen LogP contribution >= 0.6 is 0 Å². The van der Waals surface area contributed by atoms with Gasteiger partial charge in [0.15, 0.2) is 11.7 Å². The molecule has 0 aromatic heterocycles. The van der Waals surface area contributed by atoms with E-state index >= 15 is 0 Å². The number of Topliss-reactive ketones (excluding diaryl/α,β-unsaturated/α-hetero) is 1. The van der Waals surface area contributed by atoms with Crippen LogP contribution in [0.5, 0.6) is 0 Å². The number of aliphatic hydroxyl groups excluding tert-OH is 1. The summed E-state index contributed by atoms with van der Waals surface area (Å²) in [5.41, 5.74) is 4.60. The molecule has 0 bridgehead atoms. The van der Waals surface area contributed by atoms with Gasteiger partial charge in [0.2, 0.25) is 0 Å². The van der Waals surface area contributed by atoms with E-state index in [2.05, 4.69) is 5.32 Å². The maximum atomic E-state index is 11.7. The lowest BCUT2D eigenvalue weighted by atomic mass is 9.97. The van der Waals surface area contributed by atoms with Crippen molar-refractivity contribution in [2.24, 2.45) is 11.7 Å². The standard InChI is InChI=1S/C10H12N2O7/c11-2-4-7(14)6(8(15)12-4)5(13)1-3(9(16)17)10(18)19/h3-4,14H,1-2,11H2,(H,12,15)(H,16,17)(H,18,19)/t4-/m0/s1. The Bertz CT molecular complexity index is 468. The van der Waals surface area contributed by atoms with Crippen molar-refractivity contribution >= 4 is 23.6 Å². The molecular weight excluding hydrogens is 260 g/mol. The SMILES string of the molecule is NC[C@@H]1NC(=O)C(C(=O)CC(C(=O)O)C(=O)O)=C1O. The van der Waals surface area contributed by atoms with Crippen LogP contribution in [0.2, 0.25) is 0 Å². The molecule has 1 amide bonds. The van der Waals surface area contributed by atoms with E-state index in [-0.39, 0.29) is 6.54 Å². The zero-order chi connectivity index (χ0) is 14.7. The number of ketones is 1. The fourth-order valence-electron chi connectivity index (χ4n) is 1.60. The fraction of sp³-hybridized carbons (Fsp3) is 0.400. The lowest BCUT2D eigenvalue weighted by Crippen LogP contribution is -2.35. The van der Waals surface area contributed by atoms with E-state index in [0.717, 1.165) is 0 Å². The molecule has 0 fully saturated rings. The molecule has 0 aromatic rings. The van der Waals surface area contributed by atoms with Gasteiger partial charge in [-0.3, -0.25) is 19.2 Å². The second kappa shape index (κ2) is 5.48. The van der Waals surface area contributed by atoms with Crippen LogP contribution in [0.4, 0.5) is 0 Å². The summed E-state index contributed by atoms with van der Waals surface area (Å²) in [6, 6.07) is -0.917. The number of carbonyl (C=O) groups excluding carboxylic acids is 2. The van der Waals surface area contributed by atoms with Crippen LogP contribution in [-0.2, 0) is 19.2 Å². The van der Waals surface area contributed by atoms with Crippen molar-refractivity contribution in [2.45, 2.75) is 12.5 Å². The van der Waals surface area contributed by atoms with Gasteiger partial charge in [0.1, 0.15) is 11.3 Å². The van der Waals surface area contributed by atoms with Crippen LogP contribution < -0.4 is 11.1 Å². The van der Waals surface area contributed by atoms with Crippen LogP contribution in [0, 0.1) is 5.92 Å². The first-order valence-corrected chi connectivity index (χ1v) is 5.22. The van der Waals surface area contributed by atoms with Gasteiger partial charge in [-0.2, -0.15) is 0 Å². The van der Waals surface area contributed by atoms with Crippen molar-refractivity contribution in [3.63, 3.8) is 0 Å². The maximum Gasteiger partial charge on any atom is 0.318 e. The van der Waals surface area contributed by atoms with E-state index in [1.165, 1.54) is 0 Å². The van der Waals surface area contributed by atoms with Crippen molar-refractivity contribution in [1.82, 2.24) is 5.32 Å². The topological polar surface area (TPSA) is 167 Å². The molecule has 1 heterocycles. The van der Waals surface area contributed by atoms with Gasteiger partial charge in [-0.05, 0) is 0 Å². The Labute approximate surface area is 106 Å². The molecule has 9 heteroatoms. The molecule has 6 N–H and O–H groups in total. The summed E-state index contributed by atoms with van der Waals surface area (Å²) in [4.78, 5) is 44.4. The minimum absolute atomic E-state index is 0.143. The number of rotatable bonds is 6. The molecule has 1 atom stereocenters. The normalized spacial score (nSPS) is 18.6. The third kappa shape index (κ3) is 2.88. The van der Waals surface area contributed by atoms with Crippen molar-refractivity contribution in [2.75, 3.05) is 6.54 Å². The number of amides is 1. The third-order valence-electron chi connectivity index (χ3n) is 2.62. The van der Waals surface area contributed by atoms with Crippen LogP contribution in [0.15, 0.2) is 11.3 Å². The molecule has 0 saturated heterocycles. The van der Waals surface area contributed by atoms with Gasteiger partial charge in [0.25, 0.3) is 5.91 Å². The number of carbonyl (C=O) groups is 4. The number of hydrogen-bond donors (Lipinski definition) is 5. The molecule has 0 unspecified atom stereocenters. The Balaban J connectivity index is 2.95. The Morgan fingerprint density at radius 3 is 2.16 bits per heavy atom. The summed E-state index contributed by atoms with van der Waals surface area (Å²) in [6.45, 7) is -0.143. The van der Waals surface area contributed by atoms with E-state index in [4.69, 9.17) is 15.9 Å². The van der Waals surface area contributed by atoms with Crippen molar-refractivity contribution in [1.29, 1.82) is 0 Å². The van der Waals surface area contributed by atoms with Crippen LogP contribution in [0.1, 0.15) is 6.42 Å². The summed E-state index contributed by atoms with van der Waals surface area (Å²) in [6.07, 6.45) is -0.922. The van der Waals surface area contributed by atoms with Gasteiger partial charge < -0.3 is 26.4 Å². The summed E-state index contributed by atoms with van der Waals surface area (Å²) >= 11 is 0. The highest BCUT2D eigenvalue weighted by atomic mass is 16.4. The highest BCUT2D eigenvalue weighted by Gasteiger charge is 2.38. The molecular formula is C10H12N2O7. The third-order valence-corrected chi connectivity index (χ3v) is 2.62. The highest BCUT2D eigenvalue weighted by molar-refractivity contribution is 6.22. The number of aliphatic hydroxyl groups is 1. The van der Waals surface area contributed by atoms with Crippen LogP contribution in [-0.4, -0.2) is 51.5 Å². The lowest BCUT2D eigenvalue weighted by molar-refractivity contribution is -0.156. The van der Waals surface area contributed by atoms with E-state index < -0.39 is 53.3 Å². The van der Waals surface area contributed by atoms with Crippen molar-refractivity contribution < 1.29 is 34.5 Å². The minimum Gasteiger partial charge on any atom is -0.509 e. The van der Waals surface area contributed by atoms with Crippen molar-refractivity contribution in [3.05, 3.63) is 11.3 Å². The molecule has 1 aliphatic rings. The molecule has 1 rings (SSSR count). The van der Waals surface area contributed by atoms with Crippen LogP contribution in [0.3, 0.4) is 0 Å². The molecule has 9 nitrogen and oxygen atoms in total. The Hall–Kier alpha value is -2.42. The van der Waals surface area contributed by atoms with Crippen LogP contribution in [0.25, 0.3) is 0 Å². The van der Waals surface area contributed by atoms with Gasteiger partial charge >= 0.3 is 11.9 Å². The summed E-state index contributed by atoms with van der Waals surface area (Å²) < 4.78 is 0. The quantitative estimate of drug-likeness (QED) is 0.273. The monoisotopic (exact) mass is 272 g/mol. The molecule has 0 radical (unpaired) electrons. The zero-order valence-corrected chi connectivity index (χ0v) is 9.62. The van der Waals surface area contributed by atoms with Crippen molar-refractivity contribution in [3.8, 4) is 0 Å². The zero-order valence-electron chi connectivity index (χ0n) is 9.62. The lowest BCUT2D eigenvalue weighted by Gasteiger charge is -2.06. The molecule has 0 aliphatic carbocycles.